The molecule has 0 aliphatic carbocycles. The van der Waals surface area contributed by atoms with Crippen LogP contribution in [0.3, 0.4) is 0 Å². The molecule has 0 spiro atoms. The number of rotatable bonds is 18. The van der Waals surface area contributed by atoms with Crippen LogP contribution in [0.2, 0.25) is 0 Å². The minimum atomic E-state index is -3.76. The van der Waals surface area contributed by atoms with Crippen LogP contribution in [0.5, 0.6) is 0 Å². The highest BCUT2D eigenvalue weighted by Gasteiger charge is 2.21. The van der Waals surface area contributed by atoms with Gasteiger partial charge in [-0.2, -0.15) is 0 Å². The average molecular weight is 638 g/mol. The number of ether oxygens (including phenoxy) is 1. The van der Waals surface area contributed by atoms with E-state index in [1.165, 1.54) is 6.08 Å². The van der Waals surface area contributed by atoms with Crippen molar-refractivity contribution in [3.8, 4) is 0 Å². The molecule has 11 nitrogen and oxygen atoms in total. The first-order chi connectivity index (χ1) is 21.6. The SMILES string of the molecule is C=CC(=O)NCCCC[C@H](NC(=O)OCc1ccccc1)C(=O)NCCCCNS(=O)(=O)c1cccc2c(N(C)C)cccc12. The predicted octanol–water partition coefficient (Wildman–Crippen LogP) is 3.85. The molecule has 0 unspecified atom stereocenters. The number of alkyl carbamates (subject to hydrolysis) is 1. The molecule has 4 N–H and O–H groups in total. The lowest BCUT2D eigenvalue weighted by molar-refractivity contribution is -0.123. The monoisotopic (exact) mass is 637 g/mol. The van der Waals surface area contributed by atoms with E-state index < -0.39 is 22.2 Å². The molecule has 0 bridgehead atoms. The molecule has 3 aromatic carbocycles. The van der Waals surface area contributed by atoms with E-state index in [0.29, 0.717) is 50.6 Å². The van der Waals surface area contributed by atoms with Crippen LogP contribution < -0.4 is 25.6 Å². The molecule has 0 radical (unpaired) electrons. The Hall–Kier alpha value is -4.42. The van der Waals surface area contributed by atoms with Crippen LogP contribution in [0.4, 0.5) is 10.5 Å². The van der Waals surface area contributed by atoms with Gasteiger partial charge in [-0.1, -0.05) is 61.2 Å². The van der Waals surface area contributed by atoms with Crippen molar-refractivity contribution in [1.82, 2.24) is 20.7 Å². The number of carbonyl (C=O) groups is 3. The molecule has 3 aromatic rings. The van der Waals surface area contributed by atoms with Crippen molar-refractivity contribution in [2.75, 3.05) is 38.6 Å². The number of anilines is 1. The van der Waals surface area contributed by atoms with Gasteiger partial charge in [0.05, 0.1) is 4.90 Å². The molecule has 0 saturated heterocycles. The van der Waals surface area contributed by atoms with Crippen LogP contribution in [0, 0.1) is 0 Å². The summed E-state index contributed by atoms with van der Waals surface area (Å²) in [6, 6.07) is 19.2. The summed E-state index contributed by atoms with van der Waals surface area (Å²) in [7, 11) is 0.0674. The fourth-order valence-electron chi connectivity index (χ4n) is 4.69. The van der Waals surface area contributed by atoms with Gasteiger partial charge in [0.15, 0.2) is 0 Å². The minimum absolute atomic E-state index is 0.0695. The van der Waals surface area contributed by atoms with E-state index in [1.807, 2.05) is 67.5 Å². The molecule has 0 heterocycles. The van der Waals surface area contributed by atoms with E-state index in [0.717, 1.165) is 16.6 Å². The third-order valence-electron chi connectivity index (χ3n) is 7.05. The molecule has 0 fully saturated rings. The number of hydrogen-bond acceptors (Lipinski definition) is 7. The van der Waals surface area contributed by atoms with Crippen molar-refractivity contribution in [2.24, 2.45) is 0 Å². The highest BCUT2D eigenvalue weighted by molar-refractivity contribution is 7.89. The lowest BCUT2D eigenvalue weighted by atomic mass is 10.1. The zero-order chi connectivity index (χ0) is 32.7. The quantitative estimate of drug-likeness (QED) is 0.122. The van der Waals surface area contributed by atoms with E-state index >= 15 is 0 Å². The summed E-state index contributed by atoms with van der Waals surface area (Å²) in [6.07, 6.45) is 3.02. The Labute approximate surface area is 265 Å². The summed E-state index contributed by atoms with van der Waals surface area (Å²) in [5.74, 6) is -0.639. The molecule has 242 valence electrons. The van der Waals surface area contributed by atoms with Crippen LogP contribution in [-0.2, 0) is 31.0 Å². The van der Waals surface area contributed by atoms with E-state index in [1.54, 1.807) is 18.2 Å². The first-order valence-corrected chi connectivity index (χ1v) is 16.4. The van der Waals surface area contributed by atoms with Crippen molar-refractivity contribution in [1.29, 1.82) is 0 Å². The Morgan fingerprint density at radius 3 is 2.24 bits per heavy atom. The summed E-state index contributed by atoms with van der Waals surface area (Å²) in [5, 5.41) is 9.65. The van der Waals surface area contributed by atoms with E-state index in [9.17, 15) is 22.8 Å². The lowest BCUT2D eigenvalue weighted by Crippen LogP contribution is -2.47. The topological polar surface area (TPSA) is 146 Å². The summed E-state index contributed by atoms with van der Waals surface area (Å²) in [6.45, 7) is 4.40. The van der Waals surface area contributed by atoms with Gasteiger partial charge in [0.1, 0.15) is 12.6 Å². The van der Waals surface area contributed by atoms with Gasteiger partial charge >= 0.3 is 6.09 Å². The third-order valence-corrected chi connectivity index (χ3v) is 8.57. The van der Waals surface area contributed by atoms with Crippen LogP contribution in [0.15, 0.2) is 84.3 Å². The Morgan fingerprint density at radius 2 is 1.51 bits per heavy atom. The first-order valence-electron chi connectivity index (χ1n) is 15.0. The van der Waals surface area contributed by atoms with Gasteiger partial charge < -0.3 is 25.6 Å². The Morgan fingerprint density at radius 1 is 0.844 bits per heavy atom. The number of benzene rings is 3. The number of hydrogen-bond donors (Lipinski definition) is 4. The van der Waals surface area contributed by atoms with Crippen LogP contribution in [0.25, 0.3) is 10.8 Å². The third kappa shape index (κ3) is 11.2. The molecule has 3 rings (SSSR count). The van der Waals surface area contributed by atoms with Gasteiger partial charge in [0.2, 0.25) is 21.8 Å². The minimum Gasteiger partial charge on any atom is -0.445 e. The average Bonchev–Trinajstić information content (AvgIpc) is 3.04. The summed E-state index contributed by atoms with van der Waals surface area (Å²) < 4.78 is 34.2. The fraction of sp³-hybridized carbons (Fsp3) is 0.364. The summed E-state index contributed by atoms with van der Waals surface area (Å²) in [5.41, 5.74) is 1.75. The molecule has 12 heteroatoms. The van der Waals surface area contributed by atoms with Crippen LogP contribution >= 0.6 is 0 Å². The Kier molecular flexibility index (Phi) is 13.8. The fourth-order valence-corrected chi connectivity index (χ4v) is 5.98. The highest BCUT2D eigenvalue weighted by atomic mass is 32.2. The van der Waals surface area contributed by atoms with Gasteiger partial charge in [-0.25, -0.2) is 17.9 Å². The predicted molar refractivity (Wildman–Crippen MR) is 176 cm³/mol. The number of amides is 3. The van der Waals surface area contributed by atoms with E-state index in [-0.39, 0.29) is 29.9 Å². The van der Waals surface area contributed by atoms with Crippen molar-refractivity contribution < 1.29 is 27.5 Å². The number of nitrogens with zero attached hydrogens (tertiary/aromatic N) is 1. The Bertz CT molecular complexity index is 1550. The van der Waals surface area contributed by atoms with Crippen molar-refractivity contribution in [3.63, 3.8) is 0 Å². The summed E-state index contributed by atoms with van der Waals surface area (Å²) >= 11 is 0. The first kappa shape index (κ1) is 35.1. The van der Waals surface area contributed by atoms with Crippen molar-refractivity contribution >= 4 is 44.4 Å². The van der Waals surface area contributed by atoms with Gasteiger partial charge in [-0.05, 0) is 55.9 Å². The zero-order valence-electron chi connectivity index (χ0n) is 25.9. The second-order valence-corrected chi connectivity index (χ2v) is 12.4. The van der Waals surface area contributed by atoms with Gasteiger partial charge in [0.25, 0.3) is 0 Å². The van der Waals surface area contributed by atoms with Gasteiger partial charge in [-0.3, -0.25) is 9.59 Å². The lowest BCUT2D eigenvalue weighted by Gasteiger charge is -2.18. The number of nitrogens with one attached hydrogen (secondary N) is 4. The number of carbonyl (C=O) groups excluding carboxylic acids is 3. The van der Waals surface area contributed by atoms with Crippen molar-refractivity contribution in [2.45, 2.75) is 49.6 Å². The molecule has 0 aromatic heterocycles. The molecule has 0 saturated carbocycles. The van der Waals surface area contributed by atoms with E-state index in [4.69, 9.17) is 4.74 Å². The molecule has 0 aliphatic heterocycles. The molecular weight excluding hydrogens is 594 g/mol. The highest BCUT2D eigenvalue weighted by Crippen LogP contribution is 2.30. The van der Waals surface area contributed by atoms with Crippen LogP contribution in [-0.4, -0.2) is 66.1 Å². The van der Waals surface area contributed by atoms with Crippen molar-refractivity contribution in [3.05, 3.63) is 84.9 Å². The molecule has 45 heavy (non-hydrogen) atoms. The smallest absolute Gasteiger partial charge is 0.408 e. The maximum atomic E-state index is 13.1. The normalized spacial score (nSPS) is 11.8. The zero-order valence-corrected chi connectivity index (χ0v) is 26.7. The maximum Gasteiger partial charge on any atom is 0.408 e. The maximum absolute atomic E-state index is 13.1. The second-order valence-electron chi connectivity index (χ2n) is 10.7. The molecule has 3 amide bonds. The number of fused-ring (bicyclic) bond motifs is 1. The van der Waals surface area contributed by atoms with E-state index in [2.05, 4.69) is 27.3 Å². The number of unbranched alkanes of at least 4 members (excludes halogenated alkanes) is 2. The van der Waals surface area contributed by atoms with Gasteiger partial charge in [0, 0.05) is 50.2 Å². The second kappa shape index (κ2) is 17.8. The van der Waals surface area contributed by atoms with Crippen LogP contribution in [0.1, 0.15) is 37.7 Å². The molecular formula is C33H43N5O6S. The Balaban J connectivity index is 1.48. The molecule has 1 atom stereocenters. The molecule has 0 aliphatic rings. The van der Waals surface area contributed by atoms with Gasteiger partial charge in [-0.15, -0.1) is 0 Å². The largest absolute Gasteiger partial charge is 0.445 e. The summed E-state index contributed by atoms with van der Waals surface area (Å²) in [4.78, 5) is 38.9. The number of sulfonamides is 1. The standard InChI is InChI=1S/C33H43N5O6S/c1-4-31(39)34-21-9-8-18-28(37-33(41)44-24-25-14-6-5-7-15-25)32(40)35-22-10-11-23-36-45(42,43)30-20-13-16-26-27(30)17-12-19-29(26)38(2)3/h4-7,12-17,19-20,28,36H,1,8-11,18,21-24H2,2-3H3,(H,34,39)(H,35,40)(H,37,41)/t28-/m0/s1.